The van der Waals surface area contributed by atoms with Gasteiger partial charge in [-0.3, -0.25) is 0 Å². The topological polar surface area (TPSA) is 79.5 Å². The van der Waals surface area contributed by atoms with E-state index in [1.54, 1.807) is 17.0 Å². The van der Waals surface area contributed by atoms with Crippen LogP contribution in [-0.4, -0.2) is 34.4 Å². The molecule has 5 nitrogen and oxygen atoms in total. The number of nitrogens with zero attached hydrogens (tertiary/aromatic N) is 2. The second kappa shape index (κ2) is 6.87. The van der Waals surface area contributed by atoms with Crippen LogP contribution in [-0.2, 0) is 13.1 Å². The van der Waals surface area contributed by atoms with Gasteiger partial charge < -0.3 is 20.4 Å². The number of fused-ring (bicyclic) bond motifs is 1. The van der Waals surface area contributed by atoms with Crippen molar-refractivity contribution in [2.24, 2.45) is 0 Å². The van der Waals surface area contributed by atoms with Crippen LogP contribution in [0.5, 0.6) is 0 Å². The minimum Gasteiger partial charge on any atom is -0.394 e. The number of benzene rings is 2. The van der Waals surface area contributed by atoms with Crippen LogP contribution in [0.25, 0.3) is 11.1 Å². The van der Waals surface area contributed by atoms with Crippen LogP contribution in [0, 0.1) is 17.3 Å². The van der Waals surface area contributed by atoms with Crippen LogP contribution in [0.4, 0.5) is 10.1 Å². The molecular formula is C18H18FN3O2. The van der Waals surface area contributed by atoms with Crippen LogP contribution in [0.3, 0.4) is 0 Å². The molecule has 6 heteroatoms. The summed E-state index contributed by atoms with van der Waals surface area (Å²) < 4.78 is 13.2. The first kappa shape index (κ1) is 16.2. The van der Waals surface area contributed by atoms with Crippen LogP contribution in [0.1, 0.15) is 11.1 Å². The van der Waals surface area contributed by atoms with E-state index < -0.39 is 6.10 Å². The number of aliphatic hydroxyl groups is 2. The van der Waals surface area contributed by atoms with Crippen molar-refractivity contribution < 1.29 is 14.6 Å². The first-order valence-corrected chi connectivity index (χ1v) is 7.70. The highest BCUT2D eigenvalue weighted by Crippen LogP contribution is 2.35. The number of hydrogen-bond acceptors (Lipinski definition) is 5. The van der Waals surface area contributed by atoms with Crippen molar-refractivity contribution in [3.63, 3.8) is 0 Å². The van der Waals surface area contributed by atoms with Gasteiger partial charge in [0.15, 0.2) is 6.19 Å². The first-order valence-electron chi connectivity index (χ1n) is 7.70. The van der Waals surface area contributed by atoms with Gasteiger partial charge in [-0.15, -0.1) is 0 Å². The standard InChI is InChI=1S/C18H18FN3O2/c19-14-3-1-12(2-4-14)17-6-15(21-7-16(24)10-23)5-13-8-22(11-20)9-18(13)17/h1-6,16,21,23-24H,7-10H2. The number of aliphatic hydroxyl groups excluding tert-OH is 2. The van der Waals surface area contributed by atoms with Crippen LogP contribution >= 0.6 is 0 Å². The second-order valence-corrected chi connectivity index (χ2v) is 5.84. The summed E-state index contributed by atoms with van der Waals surface area (Å²) >= 11 is 0. The summed E-state index contributed by atoms with van der Waals surface area (Å²) in [6.07, 6.45) is 1.31. The van der Waals surface area contributed by atoms with E-state index >= 15 is 0 Å². The van der Waals surface area contributed by atoms with Crippen LogP contribution in [0.15, 0.2) is 36.4 Å². The highest BCUT2D eigenvalue weighted by Gasteiger charge is 2.22. The monoisotopic (exact) mass is 327 g/mol. The normalized spacial score (nSPS) is 14.2. The first-order chi connectivity index (χ1) is 11.6. The molecular weight excluding hydrogens is 309 g/mol. The average Bonchev–Trinajstić information content (AvgIpc) is 3.02. The third kappa shape index (κ3) is 3.32. The van der Waals surface area contributed by atoms with E-state index in [1.165, 1.54) is 12.1 Å². The molecule has 2 aromatic carbocycles. The van der Waals surface area contributed by atoms with Gasteiger partial charge in [0.1, 0.15) is 5.82 Å². The highest BCUT2D eigenvalue weighted by molar-refractivity contribution is 5.74. The molecule has 3 rings (SSSR count). The third-order valence-electron chi connectivity index (χ3n) is 4.10. The molecule has 1 aliphatic rings. The summed E-state index contributed by atoms with van der Waals surface area (Å²) in [5.41, 5.74) is 4.68. The summed E-state index contributed by atoms with van der Waals surface area (Å²) in [5.74, 6) is -0.297. The Balaban J connectivity index is 1.98. The Hall–Kier alpha value is -2.62. The van der Waals surface area contributed by atoms with Gasteiger partial charge in [0.25, 0.3) is 0 Å². The SMILES string of the molecule is N#CN1Cc2cc(NCC(O)CO)cc(-c3ccc(F)cc3)c2C1. The number of hydrogen-bond donors (Lipinski definition) is 3. The fraction of sp³-hybridized carbons (Fsp3) is 0.278. The minimum absolute atomic E-state index is 0.222. The molecule has 24 heavy (non-hydrogen) atoms. The van der Waals surface area contributed by atoms with E-state index in [1.807, 2.05) is 12.1 Å². The predicted molar refractivity (Wildman–Crippen MR) is 88.3 cm³/mol. The van der Waals surface area contributed by atoms with Crippen molar-refractivity contribution in [1.29, 1.82) is 5.26 Å². The van der Waals surface area contributed by atoms with Crippen molar-refractivity contribution in [1.82, 2.24) is 4.90 Å². The van der Waals surface area contributed by atoms with Crippen molar-refractivity contribution in [2.75, 3.05) is 18.5 Å². The molecule has 0 aliphatic carbocycles. The summed E-state index contributed by atoms with van der Waals surface area (Å²) in [5, 5.41) is 30.7. The van der Waals surface area contributed by atoms with Crippen molar-refractivity contribution in [3.05, 3.63) is 53.3 Å². The van der Waals surface area contributed by atoms with Gasteiger partial charge in [-0.25, -0.2) is 4.39 Å². The van der Waals surface area contributed by atoms with E-state index in [9.17, 15) is 9.50 Å². The number of nitrogens with one attached hydrogen (secondary N) is 1. The summed E-state index contributed by atoms with van der Waals surface area (Å²) in [7, 11) is 0. The number of nitriles is 1. The molecule has 1 atom stereocenters. The molecule has 2 aromatic rings. The Morgan fingerprint density at radius 2 is 2.00 bits per heavy atom. The maximum atomic E-state index is 13.2. The second-order valence-electron chi connectivity index (χ2n) is 5.84. The summed E-state index contributed by atoms with van der Waals surface area (Å²) in [4.78, 5) is 1.66. The largest absolute Gasteiger partial charge is 0.394 e. The Morgan fingerprint density at radius 3 is 2.67 bits per heavy atom. The highest BCUT2D eigenvalue weighted by atomic mass is 19.1. The quantitative estimate of drug-likeness (QED) is 0.733. The van der Waals surface area contributed by atoms with Gasteiger partial charge in [0, 0.05) is 12.2 Å². The van der Waals surface area contributed by atoms with Gasteiger partial charge in [0.05, 0.1) is 25.8 Å². The smallest absolute Gasteiger partial charge is 0.179 e. The van der Waals surface area contributed by atoms with E-state index in [-0.39, 0.29) is 19.0 Å². The minimum atomic E-state index is -0.844. The molecule has 1 aliphatic heterocycles. The van der Waals surface area contributed by atoms with Crippen molar-refractivity contribution in [3.8, 4) is 17.3 Å². The zero-order chi connectivity index (χ0) is 17.1. The molecule has 0 amide bonds. The zero-order valence-corrected chi connectivity index (χ0v) is 13.0. The molecule has 0 fully saturated rings. The van der Waals surface area contributed by atoms with Gasteiger partial charge in [-0.05, 0) is 46.5 Å². The average molecular weight is 327 g/mol. The summed E-state index contributed by atoms with van der Waals surface area (Å²) in [6, 6.07) is 10.1. The lowest BCUT2D eigenvalue weighted by Crippen LogP contribution is -2.23. The van der Waals surface area contributed by atoms with E-state index in [0.29, 0.717) is 13.1 Å². The van der Waals surface area contributed by atoms with Crippen LogP contribution < -0.4 is 5.32 Å². The molecule has 0 radical (unpaired) electrons. The molecule has 1 heterocycles. The van der Waals surface area contributed by atoms with E-state index in [4.69, 9.17) is 10.4 Å². The van der Waals surface area contributed by atoms with Gasteiger partial charge in [-0.1, -0.05) is 12.1 Å². The Kier molecular flexibility index (Phi) is 4.65. The molecule has 1 unspecified atom stereocenters. The Morgan fingerprint density at radius 1 is 1.25 bits per heavy atom. The summed E-state index contributed by atoms with van der Waals surface area (Å²) in [6.45, 7) is 0.960. The van der Waals surface area contributed by atoms with E-state index in [2.05, 4.69) is 11.5 Å². The van der Waals surface area contributed by atoms with Crippen molar-refractivity contribution in [2.45, 2.75) is 19.2 Å². The number of rotatable bonds is 5. The molecule has 0 saturated carbocycles. The lowest BCUT2D eigenvalue weighted by molar-refractivity contribution is 0.105. The zero-order valence-electron chi connectivity index (χ0n) is 13.0. The molecule has 3 N–H and O–H groups in total. The Bertz CT molecular complexity index is 771. The van der Waals surface area contributed by atoms with Crippen LogP contribution in [0.2, 0.25) is 0 Å². The van der Waals surface area contributed by atoms with E-state index in [0.717, 1.165) is 27.9 Å². The van der Waals surface area contributed by atoms with Gasteiger partial charge in [0.2, 0.25) is 0 Å². The maximum absolute atomic E-state index is 13.2. The maximum Gasteiger partial charge on any atom is 0.179 e. The number of anilines is 1. The fourth-order valence-corrected chi connectivity index (χ4v) is 2.87. The lowest BCUT2D eigenvalue weighted by Gasteiger charge is -2.15. The predicted octanol–water partition coefficient (Wildman–Crippen LogP) is 2.05. The lowest BCUT2D eigenvalue weighted by atomic mass is 9.96. The molecule has 0 spiro atoms. The van der Waals surface area contributed by atoms with Crippen molar-refractivity contribution >= 4 is 5.69 Å². The van der Waals surface area contributed by atoms with Gasteiger partial charge in [-0.2, -0.15) is 5.26 Å². The van der Waals surface area contributed by atoms with Gasteiger partial charge >= 0.3 is 0 Å². The molecule has 0 bridgehead atoms. The molecule has 124 valence electrons. The molecule has 0 aromatic heterocycles. The fourth-order valence-electron chi connectivity index (χ4n) is 2.87. The number of halogens is 1. The third-order valence-corrected chi connectivity index (χ3v) is 4.10. The molecule has 0 saturated heterocycles. The Labute approximate surface area is 139 Å².